The van der Waals surface area contributed by atoms with Gasteiger partial charge >= 0.3 is 0 Å². The van der Waals surface area contributed by atoms with E-state index in [1.54, 1.807) is 0 Å². The number of rotatable bonds is 2. The van der Waals surface area contributed by atoms with Gasteiger partial charge in [-0.05, 0) is 31.7 Å². The van der Waals surface area contributed by atoms with Crippen LogP contribution in [0.3, 0.4) is 0 Å². The SMILES string of the molecule is CC([O-])(P(C)(C)=O)P(C)(C)=O. The quantitative estimate of drug-likeness (QED) is 0.626. The fourth-order valence-corrected chi connectivity index (χ4v) is 5.22. The van der Waals surface area contributed by atoms with Crippen LogP contribution in [0, 0.1) is 0 Å². The summed E-state index contributed by atoms with van der Waals surface area (Å²) in [6.07, 6.45) is 0. The van der Waals surface area contributed by atoms with Gasteiger partial charge in [0.2, 0.25) is 0 Å². The van der Waals surface area contributed by atoms with Crippen molar-refractivity contribution >= 4 is 14.3 Å². The molecule has 0 unspecified atom stereocenters. The second-order valence-corrected chi connectivity index (χ2v) is 11.1. The highest BCUT2D eigenvalue weighted by atomic mass is 31.2. The van der Waals surface area contributed by atoms with Crippen LogP contribution in [0.5, 0.6) is 0 Å². The lowest BCUT2D eigenvalue weighted by Crippen LogP contribution is -2.38. The van der Waals surface area contributed by atoms with Crippen LogP contribution in [-0.4, -0.2) is 31.7 Å². The highest BCUT2D eigenvalue weighted by Gasteiger charge is 2.35. The Bertz CT molecular complexity index is 208. The van der Waals surface area contributed by atoms with Gasteiger partial charge in [-0.25, -0.2) is 0 Å². The van der Waals surface area contributed by atoms with Gasteiger partial charge in [-0.2, -0.15) is 0 Å². The topological polar surface area (TPSA) is 57.2 Å². The highest BCUT2D eigenvalue weighted by Crippen LogP contribution is 2.66. The molecule has 0 atom stereocenters. The standard InChI is InChI=1S/C6H15O3P2/c1-6(7,10(2,3)8)11(4,5)9/h1-5H3/q-1. The van der Waals surface area contributed by atoms with Crippen molar-refractivity contribution in [2.24, 2.45) is 0 Å². The van der Waals surface area contributed by atoms with Gasteiger partial charge < -0.3 is 14.2 Å². The number of hydrogen-bond donors (Lipinski definition) is 0. The maximum Gasteiger partial charge on any atom is 0.0788 e. The molecule has 11 heavy (non-hydrogen) atoms. The normalized spacial score (nSPS) is 15.1. The van der Waals surface area contributed by atoms with Crippen molar-refractivity contribution < 1.29 is 14.2 Å². The zero-order valence-electron chi connectivity index (χ0n) is 7.62. The van der Waals surface area contributed by atoms with E-state index in [-0.39, 0.29) is 0 Å². The molecule has 3 nitrogen and oxygen atoms in total. The largest absolute Gasteiger partial charge is 0.838 e. The second-order valence-electron chi connectivity index (χ2n) is 3.64. The monoisotopic (exact) mass is 197 g/mol. The Morgan fingerprint density at radius 3 is 1.18 bits per heavy atom. The highest BCUT2D eigenvalue weighted by molar-refractivity contribution is 7.81. The Morgan fingerprint density at radius 1 is 1.00 bits per heavy atom. The van der Waals surface area contributed by atoms with E-state index < -0.39 is 19.4 Å². The molecule has 0 fully saturated rings. The van der Waals surface area contributed by atoms with Gasteiger partial charge in [0.1, 0.15) is 0 Å². The minimum atomic E-state index is -2.81. The first-order valence-corrected chi connectivity index (χ1v) is 8.51. The first-order chi connectivity index (χ1) is 4.50. The maximum atomic E-state index is 11.6. The van der Waals surface area contributed by atoms with Crippen LogP contribution >= 0.6 is 14.3 Å². The Labute approximate surface area is 67.9 Å². The predicted octanol–water partition coefficient (Wildman–Crippen LogP) is 1.27. The predicted molar refractivity (Wildman–Crippen MR) is 47.3 cm³/mol. The molecule has 0 aromatic heterocycles. The molecule has 0 N–H and O–H groups in total. The van der Waals surface area contributed by atoms with Gasteiger partial charge in [0, 0.05) is 0 Å². The molecular weight excluding hydrogens is 182 g/mol. The molecule has 0 amide bonds. The fourth-order valence-electron chi connectivity index (χ4n) is 0.580. The van der Waals surface area contributed by atoms with Gasteiger partial charge in [-0.1, -0.05) is 6.92 Å². The summed E-state index contributed by atoms with van der Waals surface area (Å²) < 4.78 is 22.8. The van der Waals surface area contributed by atoms with Crippen molar-refractivity contribution in [2.45, 2.75) is 12.0 Å². The molecule has 0 saturated carbocycles. The molecule has 0 spiro atoms. The smallest absolute Gasteiger partial charge is 0.0788 e. The fraction of sp³-hybridized carbons (Fsp3) is 1.00. The average molecular weight is 197 g/mol. The van der Waals surface area contributed by atoms with Crippen molar-refractivity contribution in [3.05, 3.63) is 0 Å². The maximum absolute atomic E-state index is 11.6. The van der Waals surface area contributed by atoms with Gasteiger partial charge in [-0.15, -0.1) is 0 Å². The summed E-state index contributed by atoms with van der Waals surface area (Å²) in [6.45, 7) is 6.83. The molecule has 68 valence electrons. The Balaban J connectivity index is 5.08. The molecular formula is C6H15O3P2-. The lowest BCUT2D eigenvalue weighted by molar-refractivity contribution is -0.404. The first-order valence-electron chi connectivity index (χ1n) is 3.31. The molecule has 0 saturated heterocycles. The summed E-state index contributed by atoms with van der Waals surface area (Å²) in [5.41, 5.74) is 0. The van der Waals surface area contributed by atoms with Crippen molar-refractivity contribution in [2.75, 3.05) is 26.7 Å². The third-order valence-corrected chi connectivity index (χ3v) is 8.88. The minimum Gasteiger partial charge on any atom is -0.838 e. The molecule has 0 aromatic rings. The average Bonchev–Trinajstić information content (AvgIpc) is 1.58. The molecule has 0 aliphatic heterocycles. The van der Waals surface area contributed by atoms with Crippen LogP contribution in [-0.2, 0) is 9.13 Å². The van der Waals surface area contributed by atoms with Crippen molar-refractivity contribution in [1.82, 2.24) is 0 Å². The Kier molecular flexibility index (Phi) is 2.83. The van der Waals surface area contributed by atoms with E-state index in [1.165, 1.54) is 33.6 Å². The van der Waals surface area contributed by atoms with Crippen LogP contribution < -0.4 is 5.11 Å². The van der Waals surface area contributed by atoms with E-state index in [9.17, 15) is 14.2 Å². The van der Waals surface area contributed by atoms with Crippen LogP contribution in [0.2, 0.25) is 0 Å². The summed E-state index contributed by atoms with van der Waals surface area (Å²) in [7, 11) is -5.62. The molecule has 0 aliphatic carbocycles. The van der Waals surface area contributed by atoms with Crippen molar-refractivity contribution in [3.8, 4) is 0 Å². The van der Waals surface area contributed by atoms with Crippen molar-refractivity contribution in [1.29, 1.82) is 0 Å². The summed E-state index contributed by atoms with van der Waals surface area (Å²) in [6, 6.07) is 0. The molecule has 0 heterocycles. The van der Waals surface area contributed by atoms with Crippen LogP contribution in [0.25, 0.3) is 0 Å². The molecule has 0 aromatic carbocycles. The molecule has 0 bridgehead atoms. The van der Waals surface area contributed by atoms with Gasteiger partial charge in [0.15, 0.2) is 0 Å². The second kappa shape index (κ2) is 2.73. The molecule has 0 radical (unpaired) electrons. The van der Waals surface area contributed by atoms with E-state index in [2.05, 4.69) is 0 Å². The van der Waals surface area contributed by atoms with Gasteiger partial charge in [-0.3, -0.25) is 0 Å². The summed E-state index contributed by atoms with van der Waals surface area (Å²) in [5.74, 6) is 0. The summed E-state index contributed by atoms with van der Waals surface area (Å²) in [5, 5.41) is 9.86. The zero-order chi connectivity index (χ0) is 9.50. The van der Waals surface area contributed by atoms with E-state index in [0.29, 0.717) is 0 Å². The zero-order valence-corrected chi connectivity index (χ0v) is 9.41. The van der Waals surface area contributed by atoms with Gasteiger partial charge in [0.05, 0.1) is 14.3 Å². The molecule has 0 aliphatic rings. The van der Waals surface area contributed by atoms with E-state index in [1.807, 2.05) is 0 Å². The third-order valence-electron chi connectivity index (χ3n) is 2.00. The minimum absolute atomic E-state index is 1.27. The Hall–Kier alpha value is 0.420. The molecule has 5 heteroatoms. The molecule has 0 rings (SSSR count). The number of hydrogen-bond acceptors (Lipinski definition) is 3. The van der Waals surface area contributed by atoms with Crippen LogP contribution in [0.4, 0.5) is 0 Å². The van der Waals surface area contributed by atoms with Crippen LogP contribution in [0.1, 0.15) is 6.92 Å². The lowest BCUT2D eigenvalue weighted by atomic mass is 10.8. The first kappa shape index (κ1) is 11.4. The van der Waals surface area contributed by atoms with Crippen molar-refractivity contribution in [3.63, 3.8) is 0 Å². The Morgan fingerprint density at radius 2 is 1.18 bits per heavy atom. The lowest BCUT2D eigenvalue weighted by Gasteiger charge is -2.43. The summed E-state index contributed by atoms with van der Waals surface area (Å²) >= 11 is 0. The van der Waals surface area contributed by atoms with Crippen LogP contribution in [0.15, 0.2) is 0 Å². The van der Waals surface area contributed by atoms with E-state index >= 15 is 0 Å². The van der Waals surface area contributed by atoms with Gasteiger partial charge in [0.25, 0.3) is 0 Å². The summed E-state index contributed by atoms with van der Waals surface area (Å²) in [4.78, 5) is 0. The third kappa shape index (κ3) is 2.18. The van der Waals surface area contributed by atoms with E-state index in [4.69, 9.17) is 0 Å². The van der Waals surface area contributed by atoms with E-state index in [0.717, 1.165) is 0 Å².